The predicted molar refractivity (Wildman–Crippen MR) is 138 cm³/mol. The van der Waals surface area contributed by atoms with Gasteiger partial charge in [-0.1, -0.05) is 30.3 Å². The second-order valence-corrected chi connectivity index (χ2v) is 8.44. The predicted octanol–water partition coefficient (Wildman–Crippen LogP) is 3.14. The molecule has 0 saturated heterocycles. The largest absolute Gasteiger partial charge is 0.497 e. The summed E-state index contributed by atoms with van der Waals surface area (Å²) >= 11 is 0. The van der Waals surface area contributed by atoms with Crippen LogP contribution in [-0.4, -0.2) is 33.3 Å². The average Bonchev–Trinajstić information content (AvgIpc) is 2.88. The molecule has 1 N–H and O–H groups in total. The molecule has 0 fully saturated rings. The molecule has 0 unspecified atom stereocenters. The number of benzene rings is 2. The molecule has 2 aromatic heterocycles. The fourth-order valence-corrected chi connectivity index (χ4v) is 3.94. The fourth-order valence-electron chi connectivity index (χ4n) is 3.94. The second kappa shape index (κ2) is 10.9. The van der Waals surface area contributed by atoms with Gasteiger partial charge in [-0.05, 0) is 54.8 Å². The van der Waals surface area contributed by atoms with Gasteiger partial charge < -0.3 is 14.8 Å². The number of anilines is 1. The van der Waals surface area contributed by atoms with E-state index in [9.17, 15) is 9.59 Å². The van der Waals surface area contributed by atoms with Crippen LogP contribution in [-0.2, 0) is 19.6 Å². The summed E-state index contributed by atoms with van der Waals surface area (Å²) in [5, 5.41) is 3.18. The zero-order valence-electron chi connectivity index (χ0n) is 20.8. The highest BCUT2D eigenvalue weighted by atomic mass is 16.5. The summed E-state index contributed by atoms with van der Waals surface area (Å²) in [4.78, 5) is 35.2. The average molecular weight is 488 g/mol. The van der Waals surface area contributed by atoms with Crippen molar-refractivity contribution in [3.8, 4) is 11.5 Å². The van der Waals surface area contributed by atoms with E-state index >= 15 is 0 Å². The first-order chi connectivity index (χ1) is 17.4. The van der Waals surface area contributed by atoms with Crippen LogP contribution in [0.5, 0.6) is 11.5 Å². The lowest BCUT2D eigenvalue weighted by molar-refractivity contribution is 0.407. The minimum Gasteiger partial charge on any atom is -0.497 e. The highest BCUT2D eigenvalue weighted by Crippen LogP contribution is 2.19. The van der Waals surface area contributed by atoms with Crippen molar-refractivity contribution in [1.29, 1.82) is 0 Å². The van der Waals surface area contributed by atoms with Crippen LogP contribution < -0.4 is 26.2 Å². The number of nitrogens with zero attached hydrogens (tertiary/aromatic N) is 4. The molecule has 0 saturated carbocycles. The molecular formula is C27H29N5O4. The van der Waals surface area contributed by atoms with E-state index in [0.29, 0.717) is 18.0 Å². The maximum atomic E-state index is 13.6. The van der Waals surface area contributed by atoms with Gasteiger partial charge in [0.05, 0.1) is 27.3 Å². The molecular weight excluding hydrogens is 458 g/mol. The van der Waals surface area contributed by atoms with Crippen molar-refractivity contribution in [2.45, 2.75) is 33.5 Å². The Kier molecular flexibility index (Phi) is 7.48. The summed E-state index contributed by atoms with van der Waals surface area (Å²) in [5.41, 5.74) is 3.38. The molecule has 0 spiro atoms. The van der Waals surface area contributed by atoms with Gasteiger partial charge in [-0.25, -0.2) is 14.2 Å². The van der Waals surface area contributed by atoms with Crippen molar-refractivity contribution < 1.29 is 9.47 Å². The Balaban J connectivity index is 1.74. The van der Waals surface area contributed by atoms with Gasteiger partial charge in [0.15, 0.2) is 0 Å². The van der Waals surface area contributed by atoms with Gasteiger partial charge in [0, 0.05) is 24.0 Å². The lowest BCUT2D eigenvalue weighted by atomic mass is 10.1. The Hall–Kier alpha value is -4.40. The molecule has 4 aromatic rings. The van der Waals surface area contributed by atoms with Crippen molar-refractivity contribution in [1.82, 2.24) is 19.1 Å². The molecule has 9 nitrogen and oxygen atoms in total. The number of methoxy groups -OCH3 is 2. The van der Waals surface area contributed by atoms with Crippen molar-refractivity contribution in [2.75, 3.05) is 19.5 Å². The van der Waals surface area contributed by atoms with Crippen LogP contribution in [0.25, 0.3) is 0 Å². The molecule has 0 radical (unpaired) electrons. The Morgan fingerprint density at radius 2 is 1.64 bits per heavy atom. The summed E-state index contributed by atoms with van der Waals surface area (Å²) in [6.45, 7) is 4.54. The van der Waals surface area contributed by atoms with Gasteiger partial charge in [-0.15, -0.1) is 0 Å². The smallest absolute Gasteiger partial charge is 0.355 e. The Morgan fingerprint density at radius 1 is 0.889 bits per heavy atom. The van der Waals surface area contributed by atoms with Crippen LogP contribution in [0, 0.1) is 13.8 Å². The van der Waals surface area contributed by atoms with E-state index in [1.165, 1.54) is 4.57 Å². The summed E-state index contributed by atoms with van der Waals surface area (Å²) in [6.07, 6.45) is 1.78. The molecule has 0 bridgehead atoms. The first-order valence-corrected chi connectivity index (χ1v) is 11.5. The van der Waals surface area contributed by atoms with Crippen LogP contribution in [0.15, 0.2) is 70.4 Å². The SMILES string of the molecule is COc1ccc(Cn2c(=O)nc(NCc3cnc(C)cc3C)n(Cc3ccccc3OC)c2=O)cc1. The molecule has 2 aromatic carbocycles. The number of pyridine rings is 1. The quantitative estimate of drug-likeness (QED) is 0.387. The van der Waals surface area contributed by atoms with Gasteiger partial charge in [0.2, 0.25) is 5.95 Å². The van der Waals surface area contributed by atoms with Crippen LogP contribution in [0.4, 0.5) is 5.95 Å². The standard InChI is InChI=1S/C27H29N5O4/c1-18-13-19(2)28-14-22(18)15-29-25-30-26(33)32(16-20-9-11-23(35-3)12-10-20)27(34)31(25)17-21-7-5-6-8-24(21)36-4/h5-14H,15-17H2,1-4H3,(H,29,30,33). The lowest BCUT2D eigenvalue weighted by Gasteiger charge is -2.17. The van der Waals surface area contributed by atoms with Gasteiger partial charge >= 0.3 is 11.4 Å². The van der Waals surface area contributed by atoms with Crippen molar-refractivity contribution in [3.05, 3.63) is 110 Å². The molecule has 36 heavy (non-hydrogen) atoms. The summed E-state index contributed by atoms with van der Waals surface area (Å²) < 4.78 is 13.3. The van der Waals surface area contributed by atoms with E-state index < -0.39 is 11.4 Å². The summed E-state index contributed by atoms with van der Waals surface area (Å²) in [7, 11) is 3.16. The number of aromatic nitrogens is 4. The van der Waals surface area contributed by atoms with Gasteiger partial charge in [0.25, 0.3) is 0 Å². The van der Waals surface area contributed by atoms with E-state index in [2.05, 4.69) is 15.3 Å². The molecule has 9 heteroatoms. The molecule has 0 atom stereocenters. The first kappa shape index (κ1) is 24.7. The van der Waals surface area contributed by atoms with Crippen molar-refractivity contribution in [2.24, 2.45) is 0 Å². The highest BCUT2D eigenvalue weighted by molar-refractivity contribution is 5.36. The fraction of sp³-hybridized carbons (Fsp3) is 0.259. The zero-order chi connectivity index (χ0) is 25.7. The molecule has 0 amide bonds. The minimum absolute atomic E-state index is 0.0852. The van der Waals surface area contributed by atoms with Crippen LogP contribution >= 0.6 is 0 Å². The van der Waals surface area contributed by atoms with Gasteiger partial charge in [0.1, 0.15) is 11.5 Å². The van der Waals surface area contributed by atoms with E-state index in [1.54, 1.807) is 32.5 Å². The van der Waals surface area contributed by atoms with Gasteiger partial charge in [-0.2, -0.15) is 4.98 Å². The monoisotopic (exact) mass is 487 g/mol. The third kappa shape index (κ3) is 5.46. The normalized spacial score (nSPS) is 10.8. The number of rotatable bonds is 9. The number of para-hydroxylation sites is 1. The maximum absolute atomic E-state index is 13.6. The maximum Gasteiger partial charge on any atom is 0.355 e. The first-order valence-electron chi connectivity index (χ1n) is 11.5. The number of hydrogen-bond acceptors (Lipinski definition) is 7. The van der Waals surface area contributed by atoms with Crippen molar-refractivity contribution in [3.63, 3.8) is 0 Å². The highest BCUT2D eigenvalue weighted by Gasteiger charge is 2.16. The van der Waals surface area contributed by atoms with Crippen LogP contribution in [0.1, 0.15) is 27.9 Å². The third-order valence-electron chi connectivity index (χ3n) is 5.96. The third-order valence-corrected chi connectivity index (χ3v) is 5.96. The number of hydrogen-bond donors (Lipinski definition) is 1. The van der Waals surface area contributed by atoms with E-state index in [0.717, 1.165) is 32.5 Å². The molecule has 4 rings (SSSR count). The van der Waals surface area contributed by atoms with Crippen LogP contribution in [0.2, 0.25) is 0 Å². The van der Waals surface area contributed by atoms with E-state index in [1.807, 2.05) is 56.3 Å². The number of nitrogens with one attached hydrogen (secondary N) is 1. The summed E-state index contributed by atoms with van der Waals surface area (Å²) in [6, 6.07) is 16.6. The zero-order valence-corrected chi connectivity index (χ0v) is 20.8. The molecule has 0 aliphatic heterocycles. The minimum atomic E-state index is -0.631. The van der Waals surface area contributed by atoms with Gasteiger partial charge in [-0.3, -0.25) is 9.55 Å². The van der Waals surface area contributed by atoms with E-state index in [-0.39, 0.29) is 19.0 Å². The van der Waals surface area contributed by atoms with Crippen molar-refractivity contribution >= 4 is 5.95 Å². The van der Waals surface area contributed by atoms with E-state index in [4.69, 9.17) is 9.47 Å². The lowest BCUT2D eigenvalue weighted by Crippen LogP contribution is -2.43. The Morgan fingerprint density at radius 3 is 2.33 bits per heavy atom. The Labute approximate surface area is 209 Å². The molecule has 2 heterocycles. The second-order valence-electron chi connectivity index (χ2n) is 8.44. The number of ether oxygens (including phenoxy) is 2. The summed E-state index contributed by atoms with van der Waals surface area (Å²) in [5.74, 6) is 1.52. The number of aryl methyl sites for hydroxylation is 2. The topological polar surface area (TPSA) is 100 Å². The Bertz CT molecular complexity index is 1480. The molecule has 0 aliphatic rings. The molecule has 186 valence electrons. The molecule has 0 aliphatic carbocycles. The van der Waals surface area contributed by atoms with Crippen LogP contribution in [0.3, 0.4) is 0 Å².